The zero-order valence-corrected chi connectivity index (χ0v) is 17.7. The van der Waals surface area contributed by atoms with E-state index in [0.717, 1.165) is 37.7 Å². The zero-order chi connectivity index (χ0) is 18.8. The number of rotatable bonds is 4. The normalized spacial score (nSPS) is 27.2. The molecule has 0 aromatic heterocycles. The van der Waals surface area contributed by atoms with Gasteiger partial charge in [0.2, 0.25) is 9.04 Å². The van der Waals surface area contributed by atoms with Gasteiger partial charge in [0.15, 0.2) is 0 Å². The number of ether oxygens (including phenoxy) is 1. The van der Waals surface area contributed by atoms with E-state index in [0.29, 0.717) is 6.10 Å². The standard InChI is InChI=1S/C22H32O3Si/c1-21(2,3)26(19-10-6-5-7-11-19)25-18-12-14-22(16-18)13-8-9-17(15-22)20(23)24-4/h5-7,10-11,15,18,26H,8-9,12-14,16H2,1-4H3/t18-,22+,26?/m1/s1. The van der Waals surface area contributed by atoms with Crippen LogP contribution in [0.2, 0.25) is 5.04 Å². The monoisotopic (exact) mass is 372 g/mol. The summed E-state index contributed by atoms with van der Waals surface area (Å²) >= 11 is 0. The minimum atomic E-state index is -1.56. The van der Waals surface area contributed by atoms with Gasteiger partial charge in [0.25, 0.3) is 0 Å². The highest BCUT2D eigenvalue weighted by atomic mass is 28.3. The number of benzene rings is 1. The molecule has 2 aliphatic rings. The molecule has 1 spiro atoms. The Morgan fingerprint density at radius 3 is 2.58 bits per heavy atom. The molecule has 2 aliphatic carbocycles. The fourth-order valence-corrected chi connectivity index (χ4v) is 7.37. The van der Waals surface area contributed by atoms with Crippen molar-refractivity contribution < 1.29 is 14.0 Å². The first-order chi connectivity index (χ1) is 12.3. The van der Waals surface area contributed by atoms with Gasteiger partial charge in [-0.2, -0.15) is 0 Å². The van der Waals surface area contributed by atoms with Crippen molar-refractivity contribution in [3.05, 3.63) is 42.0 Å². The van der Waals surface area contributed by atoms with E-state index >= 15 is 0 Å². The van der Waals surface area contributed by atoms with Crippen molar-refractivity contribution in [2.24, 2.45) is 5.41 Å². The van der Waals surface area contributed by atoms with Gasteiger partial charge in [-0.05, 0) is 54.2 Å². The smallest absolute Gasteiger partial charge is 0.333 e. The van der Waals surface area contributed by atoms with Crippen LogP contribution in [0, 0.1) is 5.41 Å². The first-order valence-corrected chi connectivity index (χ1v) is 11.5. The molecule has 1 aromatic rings. The topological polar surface area (TPSA) is 35.5 Å². The largest absolute Gasteiger partial charge is 0.466 e. The third-order valence-corrected chi connectivity index (χ3v) is 9.09. The number of carbonyl (C=O) groups excluding carboxylic acids is 1. The molecule has 4 heteroatoms. The maximum absolute atomic E-state index is 12.0. The van der Waals surface area contributed by atoms with Crippen LogP contribution in [0.15, 0.2) is 42.0 Å². The van der Waals surface area contributed by atoms with Crippen molar-refractivity contribution in [3.63, 3.8) is 0 Å². The Balaban J connectivity index is 1.74. The van der Waals surface area contributed by atoms with Crippen LogP contribution in [-0.4, -0.2) is 28.2 Å². The third-order valence-electron chi connectivity index (χ3n) is 5.86. The van der Waals surface area contributed by atoms with Crippen LogP contribution in [0.5, 0.6) is 0 Å². The Labute approximate surface area is 159 Å². The van der Waals surface area contributed by atoms with Gasteiger partial charge in [-0.3, -0.25) is 0 Å². The highest BCUT2D eigenvalue weighted by molar-refractivity contribution is 6.70. The first kappa shape index (κ1) is 19.4. The van der Waals surface area contributed by atoms with Gasteiger partial charge in [0, 0.05) is 11.7 Å². The minimum absolute atomic E-state index is 0.139. The fraction of sp³-hybridized carbons (Fsp3) is 0.591. The van der Waals surface area contributed by atoms with Gasteiger partial charge < -0.3 is 9.16 Å². The van der Waals surface area contributed by atoms with Crippen LogP contribution >= 0.6 is 0 Å². The molecule has 26 heavy (non-hydrogen) atoms. The van der Waals surface area contributed by atoms with Gasteiger partial charge in [0.1, 0.15) is 0 Å². The van der Waals surface area contributed by atoms with Gasteiger partial charge in [0.05, 0.1) is 7.11 Å². The maximum atomic E-state index is 12.0. The van der Waals surface area contributed by atoms with Crippen molar-refractivity contribution in [3.8, 4) is 0 Å². The van der Waals surface area contributed by atoms with Crippen LogP contribution in [0.1, 0.15) is 59.3 Å². The van der Waals surface area contributed by atoms with E-state index in [2.05, 4.69) is 57.2 Å². The zero-order valence-electron chi connectivity index (χ0n) is 16.6. The molecule has 0 aliphatic heterocycles. The number of methoxy groups -OCH3 is 1. The number of carbonyl (C=O) groups is 1. The molecular weight excluding hydrogens is 340 g/mol. The van der Waals surface area contributed by atoms with Gasteiger partial charge in [-0.25, -0.2) is 4.79 Å². The van der Waals surface area contributed by atoms with Gasteiger partial charge in [-0.1, -0.05) is 57.2 Å². The van der Waals surface area contributed by atoms with Crippen LogP contribution in [-0.2, 0) is 14.0 Å². The van der Waals surface area contributed by atoms with E-state index in [1.807, 2.05) is 0 Å². The van der Waals surface area contributed by atoms with Gasteiger partial charge >= 0.3 is 5.97 Å². The Hall–Kier alpha value is -1.39. The number of esters is 1. The van der Waals surface area contributed by atoms with Crippen LogP contribution in [0.25, 0.3) is 0 Å². The predicted molar refractivity (Wildman–Crippen MR) is 108 cm³/mol. The summed E-state index contributed by atoms with van der Waals surface area (Å²) in [6, 6.07) is 10.8. The molecule has 1 aromatic carbocycles. The molecule has 3 atom stereocenters. The molecule has 3 rings (SSSR count). The summed E-state index contributed by atoms with van der Waals surface area (Å²) in [6.07, 6.45) is 8.88. The molecule has 0 N–H and O–H groups in total. The lowest BCUT2D eigenvalue weighted by Gasteiger charge is -2.34. The SMILES string of the molecule is COC(=O)C1=C[C@]2(CCC1)CC[C@@H](O[SiH](c1ccccc1)C(C)(C)C)C2. The van der Waals surface area contributed by atoms with E-state index in [-0.39, 0.29) is 16.4 Å². The molecular formula is C22H32O3Si. The fourth-order valence-electron chi connectivity index (χ4n) is 4.62. The van der Waals surface area contributed by atoms with E-state index in [4.69, 9.17) is 9.16 Å². The average molecular weight is 373 g/mol. The van der Waals surface area contributed by atoms with Crippen LogP contribution in [0.3, 0.4) is 0 Å². The molecule has 0 bridgehead atoms. The summed E-state index contributed by atoms with van der Waals surface area (Å²) in [5.74, 6) is -0.153. The molecule has 1 saturated carbocycles. The Morgan fingerprint density at radius 2 is 1.92 bits per heavy atom. The molecule has 3 nitrogen and oxygen atoms in total. The Bertz CT molecular complexity index is 662. The third kappa shape index (κ3) is 4.29. The average Bonchev–Trinajstić information content (AvgIpc) is 3.00. The lowest BCUT2D eigenvalue weighted by atomic mass is 9.75. The molecule has 1 unspecified atom stereocenters. The van der Waals surface area contributed by atoms with E-state index in [1.165, 1.54) is 18.7 Å². The molecule has 0 saturated heterocycles. The summed E-state index contributed by atoms with van der Waals surface area (Å²) in [6.45, 7) is 6.91. The van der Waals surface area contributed by atoms with Crippen molar-refractivity contribution in [1.82, 2.24) is 0 Å². The lowest BCUT2D eigenvalue weighted by Crippen LogP contribution is -2.44. The number of allylic oxidation sites excluding steroid dienone is 1. The number of hydrogen-bond donors (Lipinski definition) is 0. The highest BCUT2D eigenvalue weighted by Gasteiger charge is 2.42. The van der Waals surface area contributed by atoms with Crippen LogP contribution < -0.4 is 5.19 Å². The second-order valence-corrected chi connectivity index (χ2v) is 12.5. The first-order valence-electron chi connectivity index (χ1n) is 9.83. The summed E-state index contributed by atoms with van der Waals surface area (Å²) in [5.41, 5.74) is 1.01. The summed E-state index contributed by atoms with van der Waals surface area (Å²) in [5, 5.41) is 1.56. The maximum Gasteiger partial charge on any atom is 0.333 e. The summed E-state index contributed by atoms with van der Waals surface area (Å²) in [4.78, 5) is 12.0. The molecule has 1 fully saturated rings. The summed E-state index contributed by atoms with van der Waals surface area (Å²) < 4.78 is 11.8. The Kier molecular flexibility index (Phi) is 5.73. The molecule has 0 radical (unpaired) electrons. The quantitative estimate of drug-likeness (QED) is 0.585. The molecule has 0 heterocycles. The lowest BCUT2D eigenvalue weighted by molar-refractivity contribution is -0.136. The van der Waals surface area contributed by atoms with Crippen molar-refractivity contribution in [2.75, 3.05) is 7.11 Å². The van der Waals surface area contributed by atoms with Crippen LogP contribution in [0.4, 0.5) is 0 Å². The van der Waals surface area contributed by atoms with Crippen molar-refractivity contribution in [2.45, 2.75) is 70.4 Å². The second kappa shape index (κ2) is 7.69. The highest BCUT2D eigenvalue weighted by Crippen LogP contribution is 2.49. The molecule has 0 amide bonds. The van der Waals surface area contributed by atoms with Crippen molar-refractivity contribution >= 4 is 20.2 Å². The van der Waals surface area contributed by atoms with Gasteiger partial charge in [-0.15, -0.1) is 0 Å². The van der Waals surface area contributed by atoms with E-state index in [1.54, 1.807) is 0 Å². The van der Waals surface area contributed by atoms with E-state index < -0.39 is 9.04 Å². The van der Waals surface area contributed by atoms with Crippen molar-refractivity contribution in [1.29, 1.82) is 0 Å². The molecule has 142 valence electrons. The second-order valence-electron chi connectivity index (χ2n) is 9.03. The Morgan fingerprint density at radius 1 is 1.19 bits per heavy atom. The summed E-state index contributed by atoms with van der Waals surface area (Å²) in [7, 11) is -0.0816. The minimum Gasteiger partial charge on any atom is -0.466 e. The van der Waals surface area contributed by atoms with E-state index in [9.17, 15) is 4.79 Å². The predicted octanol–water partition coefficient (Wildman–Crippen LogP) is 4.26. The number of hydrogen-bond acceptors (Lipinski definition) is 3.